The number of H-pyrrole nitrogens is 1. The summed E-state index contributed by atoms with van der Waals surface area (Å²) in [7, 11) is 2.16. The number of aromatic amines is 1. The van der Waals surface area contributed by atoms with Gasteiger partial charge in [0.05, 0.1) is 11.4 Å². The molecule has 1 N–H and O–H groups in total. The number of nitrogens with one attached hydrogen (secondary N) is 1. The predicted octanol–water partition coefficient (Wildman–Crippen LogP) is 2.13. The van der Waals surface area contributed by atoms with Crippen molar-refractivity contribution in [2.75, 3.05) is 38.1 Å². The average molecular weight is 232 g/mol. The van der Waals surface area contributed by atoms with E-state index in [-0.39, 0.29) is 0 Å². The van der Waals surface area contributed by atoms with Gasteiger partial charge in [-0.15, -0.1) is 0 Å². The molecule has 1 saturated heterocycles. The second-order valence-electron chi connectivity index (χ2n) is 4.38. The highest BCUT2D eigenvalue weighted by Crippen LogP contribution is 2.33. The molecule has 1 aliphatic rings. The van der Waals surface area contributed by atoms with Crippen molar-refractivity contribution in [3.63, 3.8) is 0 Å². The van der Waals surface area contributed by atoms with Crippen LogP contribution in [0.2, 0.25) is 0 Å². The van der Waals surface area contributed by atoms with Gasteiger partial charge in [-0.1, -0.05) is 6.08 Å². The second kappa shape index (κ2) is 5.19. The van der Waals surface area contributed by atoms with Gasteiger partial charge in [-0.2, -0.15) is 0 Å². The summed E-state index contributed by atoms with van der Waals surface area (Å²) >= 11 is 0. The third kappa shape index (κ3) is 2.42. The molecule has 1 aromatic rings. The molecule has 2 rings (SSSR count). The third-order valence-electron chi connectivity index (χ3n) is 3.20. The SMILES string of the molecule is C=Nc1c(N2CCN(C)CC2)c[nH]c1/C=C\C. The van der Waals surface area contributed by atoms with Crippen LogP contribution >= 0.6 is 0 Å². The topological polar surface area (TPSA) is 34.6 Å². The Hall–Kier alpha value is -1.55. The highest BCUT2D eigenvalue weighted by Gasteiger charge is 2.18. The van der Waals surface area contributed by atoms with Crippen LogP contribution in [0.5, 0.6) is 0 Å². The summed E-state index contributed by atoms with van der Waals surface area (Å²) in [6, 6.07) is 0. The van der Waals surface area contributed by atoms with E-state index in [0.717, 1.165) is 37.6 Å². The number of likely N-dealkylation sites (N-methyl/N-ethyl adjacent to an activating group) is 1. The lowest BCUT2D eigenvalue weighted by molar-refractivity contribution is 0.313. The third-order valence-corrected chi connectivity index (χ3v) is 3.20. The maximum absolute atomic E-state index is 4.16. The first kappa shape index (κ1) is 11.9. The molecule has 0 bridgehead atoms. The lowest BCUT2D eigenvalue weighted by atomic mass is 10.2. The molecular weight excluding hydrogens is 212 g/mol. The summed E-state index contributed by atoms with van der Waals surface area (Å²) in [6.45, 7) is 9.97. The Morgan fingerprint density at radius 3 is 2.65 bits per heavy atom. The van der Waals surface area contributed by atoms with E-state index in [1.54, 1.807) is 0 Å². The van der Waals surface area contributed by atoms with Crippen LogP contribution < -0.4 is 4.90 Å². The summed E-state index contributed by atoms with van der Waals surface area (Å²) in [5, 5.41) is 0. The minimum absolute atomic E-state index is 0.965. The molecule has 0 aliphatic carbocycles. The number of hydrogen-bond acceptors (Lipinski definition) is 3. The Morgan fingerprint density at radius 2 is 2.06 bits per heavy atom. The van der Waals surface area contributed by atoms with Crippen LogP contribution in [0.25, 0.3) is 6.08 Å². The van der Waals surface area contributed by atoms with Gasteiger partial charge in [0.2, 0.25) is 0 Å². The molecular formula is C13H20N4. The molecule has 0 unspecified atom stereocenters. The van der Waals surface area contributed by atoms with Crippen LogP contribution in [-0.4, -0.2) is 49.8 Å². The highest BCUT2D eigenvalue weighted by atomic mass is 15.3. The van der Waals surface area contributed by atoms with Crippen molar-refractivity contribution in [2.24, 2.45) is 4.99 Å². The minimum Gasteiger partial charge on any atom is -0.366 e. The Labute approximate surface area is 103 Å². The summed E-state index contributed by atoms with van der Waals surface area (Å²) in [5.41, 5.74) is 3.17. The fourth-order valence-corrected chi connectivity index (χ4v) is 2.17. The van der Waals surface area contributed by atoms with E-state index >= 15 is 0 Å². The van der Waals surface area contributed by atoms with Gasteiger partial charge in [0.1, 0.15) is 5.69 Å². The molecule has 4 nitrogen and oxygen atoms in total. The zero-order valence-electron chi connectivity index (χ0n) is 10.6. The maximum Gasteiger partial charge on any atom is 0.110 e. The van der Waals surface area contributed by atoms with E-state index in [2.05, 4.69) is 33.5 Å². The Kier molecular flexibility index (Phi) is 3.64. The summed E-state index contributed by atoms with van der Waals surface area (Å²) in [6.07, 6.45) is 6.07. The van der Waals surface area contributed by atoms with Gasteiger partial charge in [0.25, 0.3) is 0 Å². The fourth-order valence-electron chi connectivity index (χ4n) is 2.17. The fraction of sp³-hybridized carbons (Fsp3) is 0.462. The van der Waals surface area contributed by atoms with E-state index in [1.807, 2.05) is 25.3 Å². The number of aromatic nitrogens is 1. The largest absolute Gasteiger partial charge is 0.366 e. The molecule has 1 aliphatic heterocycles. The summed E-state index contributed by atoms with van der Waals surface area (Å²) < 4.78 is 0. The van der Waals surface area contributed by atoms with Crippen molar-refractivity contribution >= 4 is 24.2 Å². The van der Waals surface area contributed by atoms with E-state index in [9.17, 15) is 0 Å². The van der Waals surface area contributed by atoms with Crippen molar-refractivity contribution in [3.8, 4) is 0 Å². The minimum atomic E-state index is 0.965. The van der Waals surface area contributed by atoms with Gasteiger partial charge >= 0.3 is 0 Å². The Bertz CT molecular complexity index is 411. The number of anilines is 1. The van der Waals surface area contributed by atoms with E-state index < -0.39 is 0 Å². The Balaban J connectivity index is 2.23. The first-order chi connectivity index (χ1) is 8.26. The molecule has 17 heavy (non-hydrogen) atoms. The number of aliphatic imine (C=N–C) groups is 1. The molecule has 2 heterocycles. The van der Waals surface area contributed by atoms with E-state index in [4.69, 9.17) is 0 Å². The Morgan fingerprint density at radius 1 is 1.35 bits per heavy atom. The number of allylic oxidation sites excluding steroid dienone is 1. The van der Waals surface area contributed by atoms with Crippen molar-refractivity contribution in [3.05, 3.63) is 18.0 Å². The smallest absolute Gasteiger partial charge is 0.110 e. The van der Waals surface area contributed by atoms with Gasteiger partial charge in [-0.25, -0.2) is 0 Å². The van der Waals surface area contributed by atoms with Crippen LogP contribution in [0.1, 0.15) is 12.6 Å². The highest BCUT2D eigenvalue weighted by molar-refractivity contribution is 5.78. The van der Waals surface area contributed by atoms with Gasteiger partial charge in [0.15, 0.2) is 0 Å². The van der Waals surface area contributed by atoms with Gasteiger partial charge < -0.3 is 14.8 Å². The molecule has 92 valence electrons. The van der Waals surface area contributed by atoms with Gasteiger partial charge in [-0.3, -0.25) is 4.99 Å². The molecule has 0 atom stereocenters. The monoisotopic (exact) mass is 232 g/mol. The lowest BCUT2D eigenvalue weighted by Gasteiger charge is -2.33. The number of nitrogens with zero attached hydrogens (tertiary/aromatic N) is 3. The molecule has 0 amide bonds. The predicted molar refractivity (Wildman–Crippen MR) is 74.4 cm³/mol. The van der Waals surface area contributed by atoms with Crippen LogP contribution in [0.3, 0.4) is 0 Å². The maximum atomic E-state index is 4.16. The van der Waals surface area contributed by atoms with Crippen molar-refractivity contribution < 1.29 is 0 Å². The molecule has 0 aromatic carbocycles. The number of rotatable bonds is 3. The van der Waals surface area contributed by atoms with Gasteiger partial charge in [-0.05, 0) is 26.8 Å². The zero-order chi connectivity index (χ0) is 12.3. The lowest BCUT2D eigenvalue weighted by Crippen LogP contribution is -2.44. The van der Waals surface area contributed by atoms with Crippen LogP contribution in [0, 0.1) is 0 Å². The first-order valence-electron chi connectivity index (χ1n) is 6.00. The standard InChI is InChI=1S/C13H20N4/c1-4-5-11-13(14-2)12(10-15-11)17-8-6-16(3)7-9-17/h4-5,10,15H,2,6-9H2,1,3H3/b5-4-. The normalized spacial score (nSPS) is 17.9. The molecule has 0 radical (unpaired) electrons. The van der Waals surface area contributed by atoms with Crippen LogP contribution in [-0.2, 0) is 0 Å². The van der Waals surface area contributed by atoms with Crippen LogP contribution in [0.4, 0.5) is 11.4 Å². The van der Waals surface area contributed by atoms with Gasteiger partial charge in [0, 0.05) is 32.4 Å². The molecule has 4 heteroatoms. The molecule has 1 fully saturated rings. The molecule has 0 saturated carbocycles. The first-order valence-corrected chi connectivity index (χ1v) is 6.00. The van der Waals surface area contributed by atoms with Crippen molar-refractivity contribution in [2.45, 2.75) is 6.92 Å². The van der Waals surface area contributed by atoms with E-state index in [1.165, 1.54) is 5.69 Å². The van der Waals surface area contributed by atoms with Crippen LogP contribution in [0.15, 0.2) is 17.3 Å². The summed E-state index contributed by atoms with van der Waals surface area (Å²) in [4.78, 5) is 12.1. The quantitative estimate of drug-likeness (QED) is 0.810. The zero-order valence-corrected chi connectivity index (χ0v) is 10.6. The molecule has 0 spiro atoms. The second-order valence-corrected chi connectivity index (χ2v) is 4.38. The number of piperazine rings is 1. The summed E-state index contributed by atoms with van der Waals surface area (Å²) in [5.74, 6) is 0. The van der Waals surface area contributed by atoms with E-state index in [0.29, 0.717) is 0 Å². The molecule has 1 aromatic heterocycles. The van der Waals surface area contributed by atoms with Crippen molar-refractivity contribution in [1.82, 2.24) is 9.88 Å². The van der Waals surface area contributed by atoms with Crippen molar-refractivity contribution in [1.29, 1.82) is 0 Å². The number of hydrogen-bond donors (Lipinski definition) is 1. The average Bonchev–Trinajstić information content (AvgIpc) is 2.73.